The molecule has 5 nitrogen and oxygen atoms in total. The molecule has 0 aliphatic carbocycles. The van der Waals surface area contributed by atoms with Gasteiger partial charge in [0, 0.05) is 34.0 Å². The Kier molecular flexibility index (Phi) is 5.43. The standard InChI is InChI=1S/C22H29N3O2S/c1-13-10-14(2)24-21(26)17(13)12-25-9-6-18-20(22(25)27)15(3)19(28-18)11-16-4-7-23-8-5-16/h10,16,23H,4-9,11-12H2,1-3H3,(H,24,26). The Morgan fingerprint density at radius 1 is 1.18 bits per heavy atom. The first-order chi connectivity index (χ1) is 13.4. The molecule has 0 bridgehead atoms. The van der Waals surface area contributed by atoms with Gasteiger partial charge in [-0.15, -0.1) is 11.3 Å². The van der Waals surface area contributed by atoms with Crippen molar-refractivity contribution in [1.82, 2.24) is 15.2 Å². The average Bonchev–Trinajstić information content (AvgIpc) is 2.97. The molecule has 2 aliphatic heterocycles. The van der Waals surface area contributed by atoms with Crippen molar-refractivity contribution >= 4 is 17.2 Å². The van der Waals surface area contributed by atoms with Crippen LogP contribution in [0.15, 0.2) is 10.9 Å². The molecule has 4 rings (SSSR count). The summed E-state index contributed by atoms with van der Waals surface area (Å²) in [5, 5.41) is 3.43. The first-order valence-corrected chi connectivity index (χ1v) is 11.1. The molecule has 6 heteroatoms. The second-order valence-corrected chi connectivity index (χ2v) is 9.46. The summed E-state index contributed by atoms with van der Waals surface area (Å²) in [4.78, 5) is 33.0. The third-order valence-corrected chi connectivity index (χ3v) is 7.58. The zero-order chi connectivity index (χ0) is 19.8. The van der Waals surface area contributed by atoms with Gasteiger partial charge >= 0.3 is 0 Å². The van der Waals surface area contributed by atoms with E-state index in [0.29, 0.717) is 18.7 Å². The van der Waals surface area contributed by atoms with Crippen molar-refractivity contribution < 1.29 is 4.79 Å². The zero-order valence-electron chi connectivity index (χ0n) is 17.0. The summed E-state index contributed by atoms with van der Waals surface area (Å²) in [5.74, 6) is 0.811. The number of H-pyrrole nitrogens is 1. The molecular formula is C22H29N3O2S. The van der Waals surface area contributed by atoms with Crippen molar-refractivity contribution in [1.29, 1.82) is 0 Å². The van der Waals surface area contributed by atoms with Crippen LogP contribution < -0.4 is 10.9 Å². The van der Waals surface area contributed by atoms with Crippen LogP contribution in [0.3, 0.4) is 0 Å². The number of pyridine rings is 1. The summed E-state index contributed by atoms with van der Waals surface area (Å²) < 4.78 is 0. The summed E-state index contributed by atoms with van der Waals surface area (Å²) >= 11 is 1.84. The van der Waals surface area contributed by atoms with Crippen molar-refractivity contribution in [2.75, 3.05) is 19.6 Å². The lowest BCUT2D eigenvalue weighted by Gasteiger charge is -2.27. The summed E-state index contributed by atoms with van der Waals surface area (Å²) in [6, 6.07) is 1.98. The molecule has 0 unspecified atom stereocenters. The molecule has 4 heterocycles. The molecule has 0 atom stereocenters. The number of amides is 1. The minimum atomic E-state index is -0.0789. The number of carbonyl (C=O) groups is 1. The smallest absolute Gasteiger partial charge is 0.255 e. The van der Waals surface area contributed by atoms with Gasteiger partial charge in [-0.2, -0.15) is 0 Å². The minimum absolute atomic E-state index is 0.0789. The first-order valence-electron chi connectivity index (χ1n) is 10.2. The SMILES string of the molecule is Cc1cc(C)c(CN2CCc3sc(CC4CCNCC4)c(C)c3C2=O)c(=O)[nH]1. The largest absolute Gasteiger partial charge is 0.334 e. The number of nitrogens with one attached hydrogen (secondary N) is 2. The molecule has 28 heavy (non-hydrogen) atoms. The monoisotopic (exact) mass is 399 g/mol. The van der Waals surface area contributed by atoms with Crippen LogP contribution in [-0.2, 0) is 19.4 Å². The predicted octanol–water partition coefficient (Wildman–Crippen LogP) is 3.10. The van der Waals surface area contributed by atoms with E-state index < -0.39 is 0 Å². The van der Waals surface area contributed by atoms with Gasteiger partial charge in [0.1, 0.15) is 0 Å². The van der Waals surface area contributed by atoms with Crippen LogP contribution >= 0.6 is 11.3 Å². The number of piperidine rings is 1. The van der Waals surface area contributed by atoms with Crippen LogP contribution in [0.2, 0.25) is 0 Å². The van der Waals surface area contributed by atoms with Gasteiger partial charge in [0.2, 0.25) is 0 Å². The van der Waals surface area contributed by atoms with Crippen LogP contribution in [0.1, 0.15) is 55.3 Å². The summed E-state index contributed by atoms with van der Waals surface area (Å²) in [7, 11) is 0. The Morgan fingerprint density at radius 2 is 1.93 bits per heavy atom. The molecule has 2 aromatic heterocycles. The fraction of sp³-hybridized carbons (Fsp3) is 0.545. The zero-order valence-corrected chi connectivity index (χ0v) is 17.8. The maximum Gasteiger partial charge on any atom is 0.255 e. The number of nitrogens with zero attached hydrogens (tertiary/aromatic N) is 1. The average molecular weight is 400 g/mol. The van der Waals surface area contributed by atoms with Crippen LogP contribution in [0.4, 0.5) is 0 Å². The normalized spacial score (nSPS) is 17.8. The number of carbonyl (C=O) groups excluding carboxylic acids is 1. The lowest BCUT2D eigenvalue weighted by molar-refractivity contribution is 0.0727. The third kappa shape index (κ3) is 3.67. The van der Waals surface area contributed by atoms with Crippen molar-refractivity contribution in [3.8, 4) is 0 Å². The van der Waals surface area contributed by atoms with E-state index in [1.165, 1.54) is 28.2 Å². The summed E-state index contributed by atoms with van der Waals surface area (Å²) in [6.07, 6.45) is 4.42. The highest BCUT2D eigenvalue weighted by Gasteiger charge is 2.31. The molecule has 2 N–H and O–H groups in total. The van der Waals surface area contributed by atoms with Gasteiger partial charge in [-0.05, 0) is 76.2 Å². The maximum absolute atomic E-state index is 13.2. The van der Waals surface area contributed by atoms with Gasteiger partial charge in [0.25, 0.3) is 11.5 Å². The lowest BCUT2D eigenvalue weighted by Crippen LogP contribution is -2.38. The molecule has 1 amide bonds. The van der Waals surface area contributed by atoms with Crippen LogP contribution in [-0.4, -0.2) is 35.4 Å². The van der Waals surface area contributed by atoms with E-state index in [1.54, 1.807) is 0 Å². The van der Waals surface area contributed by atoms with E-state index in [9.17, 15) is 9.59 Å². The fourth-order valence-electron chi connectivity index (χ4n) is 4.54. The number of fused-ring (bicyclic) bond motifs is 1. The molecule has 0 spiro atoms. The van der Waals surface area contributed by atoms with Crippen LogP contribution in [0.25, 0.3) is 0 Å². The van der Waals surface area contributed by atoms with Crippen LogP contribution in [0.5, 0.6) is 0 Å². The summed E-state index contributed by atoms with van der Waals surface area (Å²) in [6.45, 7) is 9.22. The molecule has 0 saturated carbocycles. The second-order valence-electron chi connectivity index (χ2n) is 8.27. The van der Waals surface area contributed by atoms with Crippen molar-refractivity contribution in [2.24, 2.45) is 5.92 Å². The van der Waals surface area contributed by atoms with Crippen LogP contribution in [0, 0.1) is 26.7 Å². The molecule has 0 aromatic carbocycles. The highest BCUT2D eigenvalue weighted by atomic mass is 32.1. The van der Waals surface area contributed by atoms with E-state index in [1.807, 2.05) is 36.2 Å². The van der Waals surface area contributed by atoms with Gasteiger partial charge in [0.05, 0.1) is 12.1 Å². The molecule has 150 valence electrons. The van der Waals surface area contributed by atoms with E-state index in [0.717, 1.165) is 48.7 Å². The number of aromatic amines is 1. The Bertz CT molecular complexity index is 953. The number of aryl methyl sites for hydroxylation is 2. The number of hydrogen-bond acceptors (Lipinski definition) is 4. The second kappa shape index (κ2) is 7.84. The predicted molar refractivity (Wildman–Crippen MR) is 113 cm³/mol. The molecule has 1 saturated heterocycles. The van der Waals surface area contributed by atoms with Gasteiger partial charge in [-0.1, -0.05) is 0 Å². The highest BCUT2D eigenvalue weighted by Crippen LogP contribution is 2.35. The van der Waals surface area contributed by atoms with E-state index in [-0.39, 0.29) is 11.5 Å². The third-order valence-electron chi connectivity index (χ3n) is 6.20. The number of hydrogen-bond donors (Lipinski definition) is 2. The maximum atomic E-state index is 13.2. The topological polar surface area (TPSA) is 65.2 Å². The van der Waals surface area contributed by atoms with Crippen molar-refractivity contribution in [3.63, 3.8) is 0 Å². The minimum Gasteiger partial charge on any atom is -0.334 e. The van der Waals surface area contributed by atoms with Gasteiger partial charge in [-0.3, -0.25) is 9.59 Å². The molecule has 2 aromatic rings. The number of aromatic nitrogens is 1. The van der Waals surface area contributed by atoms with Crippen molar-refractivity contribution in [3.05, 3.63) is 54.1 Å². The van der Waals surface area contributed by atoms with E-state index >= 15 is 0 Å². The Morgan fingerprint density at radius 3 is 2.64 bits per heavy atom. The number of thiophene rings is 1. The molecule has 0 radical (unpaired) electrons. The molecule has 1 fully saturated rings. The quantitative estimate of drug-likeness (QED) is 0.830. The number of rotatable bonds is 4. The molecule has 2 aliphatic rings. The Hall–Kier alpha value is -1.92. The molecular weight excluding hydrogens is 370 g/mol. The Labute approximate surface area is 170 Å². The lowest BCUT2D eigenvalue weighted by atomic mass is 9.92. The van der Waals surface area contributed by atoms with Gasteiger partial charge < -0.3 is 15.2 Å². The highest BCUT2D eigenvalue weighted by molar-refractivity contribution is 7.12. The van der Waals surface area contributed by atoms with Gasteiger partial charge in [-0.25, -0.2) is 0 Å². The summed E-state index contributed by atoms with van der Waals surface area (Å²) in [5.41, 5.74) is 4.50. The van der Waals surface area contributed by atoms with E-state index in [2.05, 4.69) is 17.2 Å². The first kappa shape index (κ1) is 19.4. The van der Waals surface area contributed by atoms with E-state index in [4.69, 9.17) is 0 Å². The Balaban J connectivity index is 1.56. The fourth-order valence-corrected chi connectivity index (χ4v) is 5.95. The van der Waals surface area contributed by atoms with Crippen molar-refractivity contribution in [2.45, 2.75) is 53.0 Å². The van der Waals surface area contributed by atoms with Gasteiger partial charge in [0.15, 0.2) is 0 Å².